The molecule has 0 spiro atoms. The normalized spacial score (nSPS) is 26.6. The molecule has 5 nitrogen and oxygen atoms in total. The van der Waals surface area contributed by atoms with Crippen LogP contribution in [0.5, 0.6) is 0 Å². The summed E-state index contributed by atoms with van der Waals surface area (Å²) in [6.45, 7) is 6.92. The van der Waals surface area contributed by atoms with Crippen LogP contribution in [0.15, 0.2) is 35.2 Å². The third-order valence-electron chi connectivity index (χ3n) is 5.36. The average molecular weight is 365 g/mol. The minimum atomic E-state index is -3.45. The minimum Gasteiger partial charge on any atom is -0.342 e. The first kappa shape index (κ1) is 18.4. The van der Waals surface area contributed by atoms with Crippen LogP contribution in [0.4, 0.5) is 0 Å². The van der Waals surface area contributed by atoms with Crippen molar-refractivity contribution in [2.75, 3.05) is 26.2 Å². The summed E-state index contributed by atoms with van der Waals surface area (Å²) < 4.78 is 26.9. The molecule has 2 aliphatic rings. The topological polar surface area (TPSA) is 57.7 Å². The van der Waals surface area contributed by atoms with Crippen LogP contribution >= 0.6 is 0 Å². The van der Waals surface area contributed by atoms with Crippen molar-refractivity contribution >= 4 is 15.9 Å². The summed E-state index contributed by atoms with van der Waals surface area (Å²) in [5.74, 6) is 1.27. The first-order chi connectivity index (χ1) is 11.9. The summed E-state index contributed by atoms with van der Waals surface area (Å²) in [6, 6.07) is 8.54. The molecule has 3 rings (SSSR count). The van der Waals surface area contributed by atoms with Gasteiger partial charge in [-0.05, 0) is 43.2 Å². The van der Waals surface area contributed by atoms with Crippen LogP contribution in [0.25, 0.3) is 0 Å². The third-order valence-corrected chi connectivity index (χ3v) is 7.28. The summed E-state index contributed by atoms with van der Waals surface area (Å²) in [5.41, 5.74) is 0. The van der Waals surface area contributed by atoms with Gasteiger partial charge in [0.2, 0.25) is 15.9 Å². The average Bonchev–Trinajstić information content (AvgIpc) is 2.61. The van der Waals surface area contributed by atoms with Gasteiger partial charge in [0, 0.05) is 32.1 Å². The first-order valence-corrected chi connectivity index (χ1v) is 10.7. The van der Waals surface area contributed by atoms with Gasteiger partial charge in [0.15, 0.2) is 0 Å². The Bertz CT molecular complexity index is 687. The van der Waals surface area contributed by atoms with E-state index in [2.05, 4.69) is 13.8 Å². The highest BCUT2D eigenvalue weighted by atomic mass is 32.2. The van der Waals surface area contributed by atoms with E-state index in [9.17, 15) is 13.2 Å². The number of hydrogen-bond acceptors (Lipinski definition) is 3. The molecule has 1 aromatic rings. The monoisotopic (exact) mass is 364 g/mol. The van der Waals surface area contributed by atoms with E-state index >= 15 is 0 Å². The highest BCUT2D eigenvalue weighted by molar-refractivity contribution is 7.89. The molecule has 0 N–H and O–H groups in total. The lowest BCUT2D eigenvalue weighted by Crippen LogP contribution is -2.48. The number of amides is 1. The van der Waals surface area contributed by atoms with Gasteiger partial charge >= 0.3 is 0 Å². The second-order valence-corrected chi connectivity index (χ2v) is 9.62. The van der Waals surface area contributed by atoms with Gasteiger partial charge in [-0.25, -0.2) is 8.42 Å². The lowest BCUT2D eigenvalue weighted by molar-refractivity contribution is -0.139. The maximum absolute atomic E-state index is 12.8. The zero-order valence-electron chi connectivity index (χ0n) is 15.1. The van der Waals surface area contributed by atoms with E-state index < -0.39 is 10.0 Å². The Morgan fingerprint density at radius 1 is 1.00 bits per heavy atom. The van der Waals surface area contributed by atoms with Crippen molar-refractivity contribution in [1.29, 1.82) is 0 Å². The molecule has 0 aliphatic carbocycles. The van der Waals surface area contributed by atoms with Gasteiger partial charge < -0.3 is 4.90 Å². The summed E-state index contributed by atoms with van der Waals surface area (Å²) >= 11 is 0. The van der Waals surface area contributed by atoms with Gasteiger partial charge in [-0.1, -0.05) is 32.0 Å². The summed E-state index contributed by atoms with van der Waals surface area (Å²) in [4.78, 5) is 15.2. The smallest absolute Gasteiger partial charge is 0.243 e. The fourth-order valence-electron chi connectivity index (χ4n) is 4.19. The number of carbonyl (C=O) groups excluding carboxylic acids is 1. The minimum absolute atomic E-state index is 0.0419. The molecule has 2 fully saturated rings. The number of carbonyl (C=O) groups is 1. The van der Waals surface area contributed by atoms with E-state index in [-0.39, 0.29) is 11.8 Å². The van der Waals surface area contributed by atoms with E-state index in [0.29, 0.717) is 42.7 Å². The number of piperidine rings is 2. The molecule has 25 heavy (non-hydrogen) atoms. The first-order valence-electron chi connectivity index (χ1n) is 9.22. The quantitative estimate of drug-likeness (QED) is 0.828. The zero-order valence-corrected chi connectivity index (χ0v) is 15.9. The maximum Gasteiger partial charge on any atom is 0.243 e. The van der Waals surface area contributed by atoms with Crippen molar-refractivity contribution < 1.29 is 13.2 Å². The van der Waals surface area contributed by atoms with E-state index in [1.54, 1.807) is 24.3 Å². The Kier molecular flexibility index (Phi) is 5.49. The number of rotatable bonds is 3. The van der Waals surface area contributed by atoms with Crippen molar-refractivity contribution in [3.05, 3.63) is 30.3 Å². The molecule has 6 heteroatoms. The molecule has 2 aliphatic heterocycles. The van der Waals surface area contributed by atoms with Crippen LogP contribution in [0.2, 0.25) is 0 Å². The van der Waals surface area contributed by atoms with Crippen LogP contribution in [-0.4, -0.2) is 49.7 Å². The fourth-order valence-corrected chi connectivity index (χ4v) is 5.68. The molecule has 1 aromatic carbocycles. The van der Waals surface area contributed by atoms with E-state index in [0.717, 1.165) is 13.1 Å². The Morgan fingerprint density at radius 3 is 2.12 bits per heavy atom. The molecule has 0 saturated carbocycles. The zero-order chi connectivity index (χ0) is 18.0. The molecule has 2 heterocycles. The van der Waals surface area contributed by atoms with Crippen molar-refractivity contribution in [2.24, 2.45) is 17.8 Å². The lowest BCUT2D eigenvalue weighted by atomic mass is 9.89. The highest BCUT2D eigenvalue weighted by Crippen LogP contribution is 2.28. The molecule has 0 aromatic heterocycles. The van der Waals surface area contributed by atoms with E-state index in [4.69, 9.17) is 0 Å². The Hall–Kier alpha value is -1.40. The highest BCUT2D eigenvalue weighted by Gasteiger charge is 2.35. The third kappa shape index (κ3) is 4.06. The van der Waals surface area contributed by atoms with Gasteiger partial charge in [-0.15, -0.1) is 0 Å². The molecule has 0 radical (unpaired) electrons. The summed E-state index contributed by atoms with van der Waals surface area (Å²) in [6.07, 6.45) is 2.41. The largest absolute Gasteiger partial charge is 0.342 e. The van der Waals surface area contributed by atoms with E-state index in [1.165, 1.54) is 10.7 Å². The molecule has 2 atom stereocenters. The molecule has 138 valence electrons. The van der Waals surface area contributed by atoms with Crippen molar-refractivity contribution in [2.45, 2.75) is 38.0 Å². The second kappa shape index (κ2) is 7.46. The van der Waals surface area contributed by atoms with Gasteiger partial charge in [0.1, 0.15) is 0 Å². The number of sulfonamides is 1. The van der Waals surface area contributed by atoms with Gasteiger partial charge in [-0.3, -0.25) is 4.79 Å². The van der Waals surface area contributed by atoms with Gasteiger partial charge in [0.05, 0.1) is 4.90 Å². The van der Waals surface area contributed by atoms with Crippen molar-refractivity contribution in [3.8, 4) is 0 Å². The van der Waals surface area contributed by atoms with Gasteiger partial charge in [-0.2, -0.15) is 4.31 Å². The Balaban J connectivity index is 1.61. The number of benzene rings is 1. The summed E-state index contributed by atoms with van der Waals surface area (Å²) in [5, 5.41) is 0. The predicted octanol–water partition coefficient (Wildman–Crippen LogP) is 2.59. The molecule has 0 unspecified atom stereocenters. The van der Waals surface area contributed by atoms with Crippen LogP contribution in [0, 0.1) is 17.8 Å². The molecule has 0 bridgehead atoms. The maximum atomic E-state index is 12.8. The Labute approximate surface area is 151 Å². The standard InChI is InChI=1S/C19H28N2O3S/c1-15-12-16(2)14-20(13-15)19(22)17-8-10-21(11-9-17)25(23,24)18-6-4-3-5-7-18/h3-7,15-17H,8-14H2,1-2H3/t15-,16+. The summed E-state index contributed by atoms with van der Waals surface area (Å²) in [7, 11) is -3.45. The van der Waals surface area contributed by atoms with Crippen molar-refractivity contribution in [1.82, 2.24) is 9.21 Å². The number of nitrogens with zero attached hydrogens (tertiary/aromatic N) is 2. The van der Waals surface area contributed by atoms with Crippen LogP contribution in [0.3, 0.4) is 0 Å². The van der Waals surface area contributed by atoms with Crippen LogP contribution in [0.1, 0.15) is 33.1 Å². The van der Waals surface area contributed by atoms with Crippen molar-refractivity contribution in [3.63, 3.8) is 0 Å². The molecule has 1 amide bonds. The fraction of sp³-hybridized carbons (Fsp3) is 0.632. The Morgan fingerprint density at radius 2 is 1.56 bits per heavy atom. The second-order valence-electron chi connectivity index (χ2n) is 7.68. The van der Waals surface area contributed by atoms with Crippen LogP contribution in [-0.2, 0) is 14.8 Å². The molecule has 2 saturated heterocycles. The number of likely N-dealkylation sites (tertiary alicyclic amines) is 1. The van der Waals surface area contributed by atoms with Gasteiger partial charge in [0.25, 0.3) is 0 Å². The molecular weight excluding hydrogens is 336 g/mol. The van der Waals surface area contributed by atoms with E-state index in [1.807, 2.05) is 11.0 Å². The lowest BCUT2D eigenvalue weighted by Gasteiger charge is -2.39. The number of hydrogen-bond donors (Lipinski definition) is 0. The SMILES string of the molecule is C[C@@H]1C[C@H](C)CN(C(=O)C2CCN(S(=O)(=O)c3ccccc3)CC2)C1. The predicted molar refractivity (Wildman–Crippen MR) is 97.4 cm³/mol. The molecular formula is C19H28N2O3S. The van der Waals surface area contributed by atoms with Crippen LogP contribution < -0.4 is 0 Å².